The van der Waals surface area contributed by atoms with Gasteiger partial charge < -0.3 is 10.1 Å². The third-order valence-corrected chi connectivity index (χ3v) is 5.13. The van der Waals surface area contributed by atoms with Gasteiger partial charge in [0.1, 0.15) is 5.75 Å². The maximum absolute atomic E-state index is 12.6. The molecule has 4 nitrogen and oxygen atoms in total. The van der Waals surface area contributed by atoms with E-state index in [4.69, 9.17) is 27.9 Å². The van der Waals surface area contributed by atoms with E-state index in [-0.39, 0.29) is 17.9 Å². The van der Waals surface area contributed by atoms with Gasteiger partial charge in [0.05, 0.1) is 16.1 Å². The van der Waals surface area contributed by atoms with Crippen LogP contribution in [0, 0.1) is 0 Å². The first-order valence-electron chi connectivity index (χ1n) is 8.98. The number of benzene rings is 3. The van der Waals surface area contributed by atoms with Gasteiger partial charge >= 0.3 is 5.97 Å². The van der Waals surface area contributed by atoms with E-state index in [0.29, 0.717) is 21.4 Å². The standard InChI is InChI=1S/C23H19Cl2NO3/c1-14(19-9-12-21(24)22(25)13-19)26-23(28)18-5-3-16(4-6-18)17-7-10-20(11-8-17)29-15(2)27/h3-14H,1-2H3,(H,26,28)/t14-/m0/s1. The fraction of sp³-hybridized carbons (Fsp3) is 0.130. The van der Waals surface area contributed by atoms with Crippen LogP contribution in [-0.4, -0.2) is 11.9 Å². The van der Waals surface area contributed by atoms with Crippen molar-refractivity contribution in [2.24, 2.45) is 0 Å². The Kier molecular flexibility index (Phi) is 6.57. The fourth-order valence-corrected chi connectivity index (χ4v) is 3.15. The van der Waals surface area contributed by atoms with Crippen molar-refractivity contribution in [2.75, 3.05) is 0 Å². The Morgan fingerprint density at radius 1 is 0.862 bits per heavy atom. The maximum Gasteiger partial charge on any atom is 0.308 e. The molecule has 3 aromatic rings. The lowest BCUT2D eigenvalue weighted by molar-refractivity contribution is -0.131. The summed E-state index contributed by atoms with van der Waals surface area (Å²) in [6.07, 6.45) is 0. The van der Waals surface area contributed by atoms with E-state index >= 15 is 0 Å². The first kappa shape index (κ1) is 20.9. The van der Waals surface area contributed by atoms with E-state index in [1.54, 1.807) is 36.4 Å². The Bertz CT molecular complexity index is 1030. The van der Waals surface area contributed by atoms with Gasteiger partial charge in [0, 0.05) is 12.5 Å². The van der Waals surface area contributed by atoms with Gasteiger partial charge in [-0.2, -0.15) is 0 Å². The summed E-state index contributed by atoms with van der Waals surface area (Å²) in [4.78, 5) is 23.6. The summed E-state index contributed by atoms with van der Waals surface area (Å²) in [7, 11) is 0. The van der Waals surface area contributed by atoms with Gasteiger partial charge in [-0.15, -0.1) is 0 Å². The zero-order chi connectivity index (χ0) is 21.0. The average Bonchev–Trinajstić information content (AvgIpc) is 2.70. The molecular formula is C23H19Cl2NO3. The summed E-state index contributed by atoms with van der Waals surface area (Å²) in [5.41, 5.74) is 3.33. The van der Waals surface area contributed by atoms with Crippen LogP contribution in [0.15, 0.2) is 66.7 Å². The van der Waals surface area contributed by atoms with Crippen molar-refractivity contribution < 1.29 is 14.3 Å². The number of hydrogen-bond acceptors (Lipinski definition) is 3. The highest BCUT2D eigenvalue weighted by Crippen LogP contribution is 2.26. The smallest absolute Gasteiger partial charge is 0.308 e. The van der Waals surface area contributed by atoms with Crippen LogP contribution in [0.25, 0.3) is 11.1 Å². The third kappa shape index (κ3) is 5.37. The molecule has 3 rings (SSSR count). The highest BCUT2D eigenvalue weighted by molar-refractivity contribution is 6.42. The first-order chi connectivity index (χ1) is 13.8. The predicted molar refractivity (Wildman–Crippen MR) is 116 cm³/mol. The quantitative estimate of drug-likeness (QED) is 0.396. The highest BCUT2D eigenvalue weighted by Gasteiger charge is 2.13. The van der Waals surface area contributed by atoms with Crippen LogP contribution in [0.3, 0.4) is 0 Å². The number of carbonyl (C=O) groups is 2. The third-order valence-electron chi connectivity index (χ3n) is 4.39. The Balaban J connectivity index is 1.68. The molecule has 6 heteroatoms. The average molecular weight is 428 g/mol. The number of carbonyl (C=O) groups excluding carboxylic acids is 2. The van der Waals surface area contributed by atoms with Crippen molar-refractivity contribution in [3.05, 3.63) is 87.9 Å². The number of hydrogen-bond donors (Lipinski definition) is 1. The normalized spacial score (nSPS) is 11.6. The van der Waals surface area contributed by atoms with Crippen molar-refractivity contribution >= 4 is 35.1 Å². The Hall–Kier alpha value is -2.82. The zero-order valence-electron chi connectivity index (χ0n) is 15.9. The van der Waals surface area contributed by atoms with E-state index in [1.165, 1.54) is 6.92 Å². The number of amides is 1. The Labute approximate surface area is 179 Å². The summed E-state index contributed by atoms with van der Waals surface area (Å²) in [6, 6.07) is 19.6. The molecule has 1 atom stereocenters. The second-order valence-corrected chi connectivity index (χ2v) is 7.38. The van der Waals surface area contributed by atoms with Crippen LogP contribution in [0.2, 0.25) is 10.0 Å². The lowest BCUT2D eigenvalue weighted by Crippen LogP contribution is -2.26. The van der Waals surface area contributed by atoms with Gasteiger partial charge in [0.2, 0.25) is 0 Å². The van der Waals surface area contributed by atoms with Crippen LogP contribution >= 0.6 is 23.2 Å². The minimum atomic E-state index is -0.358. The van der Waals surface area contributed by atoms with Crippen molar-refractivity contribution in [3.63, 3.8) is 0 Å². The van der Waals surface area contributed by atoms with Crippen molar-refractivity contribution in [3.8, 4) is 16.9 Å². The fourth-order valence-electron chi connectivity index (χ4n) is 2.84. The van der Waals surface area contributed by atoms with Crippen molar-refractivity contribution in [1.82, 2.24) is 5.32 Å². The molecule has 0 radical (unpaired) electrons. The van der Waals surface area contributed by atoms with E-state index in [2.05, 4.69) is 5.32 Å². The van der Waals surface area contributed by atoms with Crippen LogP contribution in [0.5, 0.6) is 5.75 Å². The minimum Gasteiger partial charge on any atom is -0.427 e. The molecular weight excluding hydrogens is 409 g/mol. The van der Waals surface area contributed by atoms with E-state index in [0.717, 1.165) is 16.7 Å². The van der Waals surface area contributed by atoms with E-state index in [9.17, 15) is 9.59 Å². The second kappa shape index (κ2) is 9.12. The summed E-state index contributed by atoms with van der Waals surface area (Å²) in [6.45, 7) is 3.25. The van der Waals surface area contributed by atoms with E-state index in [1.807, 2.05) is 37.3 Å². The van der Waals surface area contributed by atoms with Gasteiger partial charge in [-0.05, 0) is 60.0 Å². The van der Waals surface area contributed by atoms with E-state index < -0.39 is 0 Å². The van der Waals surface area contributed by atoms with Crippen LogP contribution in [-0.2, 0) is 4.79 Å². The summed E-state index contributed by atoms with van der Waals surface area (Å²) in [5.74, 6) is -0.0444. The summed E-state index contributed by atoms with van der Waals surface area (Å²) >= 11 is 12.0. The van der Waals surface area contributed by atoms with Crippen LogP contribution < -0.4 is 10.1 Å². The monoisotopic (exact) mass is 427 g/mol. The molecule has 0 saturated heterocycles. The highest BCUT2D eigenvalue weighted by atomic mass is 35.5. The molecule has 0 aliphatic carbocycles. The molecule has 0 saturated carbocycles. The van der Waals surface area contributed by atoms with Gasteiger partial charge in [-0.3, -0.25) is 9.59 Å². The van der Waals surface area contributed by atoms with Gasteiger partial charge in [0.15, 0.2) is 0 Å². The topological polar surface area (TPSA) is 55.4 Å². The maximum atomic E-state index is 12.6. The molecule has 0 aromatic heterocycles. The molecule has 3 aromatic carbocycles. The Morgan fingerprint density at radius 3 is 2.00 bits per heavy atom. The zero-order valence-corrected chi connectivity index (χ0v) is 17.4. The predicted octanol–water partition coefficient (Wildman–Crippen LogP) is 6.08. The lowest BCUT2D eigenvalue weighted by atomic mass is 10.0. The molecule has 0 heterocycles. The summed E-state index contributed by atoms with van der Waals surface area (Å²) < 4.78 is 5.04. The van der Waals surface area contributed by atoms with Gasteiger partial charge in [-0.25, -0.2) is 0 Å². The number of esters is 1. The number of rotatable bonds is 5. The molecule has 29 heavy (non-hydrogen) atoms. The molecule has 0 bridgehead atoms. The molecule has 1 N–H and O–H groups in total. The van der Waals surface area contributed by atoms with Crippen molar-refractivity contribution in [2.45, 2.75) is 19.9 Å². The number of halogens is 2. The number of nitrogens with one attached hydrogen (secondary N) is 1. The molecule has 0 fully saturated rings. The molecule has 1 amide bonds. The summed E-state index contributed by atoms with van der Waals surface area (Å²) in [5, 5.41) is 3.89. The van der Waals surface area contributed by atoms with Crippen LogP contribution in [0.4, 0.5) is 0 Å². The first-order valence-corrected chi connectivity index (χ1v) is 9.74. The number of ether oxygens (including phenoxy) is 1. The van der Waals surface area contributed by atoms with Crippen molar-refractivity contribution in [1.29, 1.82) is 0 Å². The Morgan fingerprint density at radius 2 is 1.45 bits per heavy atom. The molecule has 0 aliphatic rings. The van der Waals surface area contributed by atoms with Gasteiger partial charge in [0.25, 0.3) is 5.91 Å². The SMILES string of the molecule is CC(=O)Oc1ccc(-c2ccc(C(=O)N[C@@H](C)c3ccc(Cl)c(Cl)c3)cc2)cc1. The lowest BCUT2D eigenvalue weighted by Gasteiger charge is -2.15. The second-order valence-electron chi connectivity index (χ2n) is 6.56. The molecule has 0 unspecified atom stereocenters. The molecule has 0 spiro atoms. The minimum absolute atomic E-state index is 0.180. The molecule has 148 valence electrons. The largest absolute Gasteiger partial charge is 0.427 e. The van der Waals surface area contributed by atoms with Gasteiger partial charge in [-0.1, -0.05) is 53.5 Å². The van der Waals surface area contributed by atoms with Crippen LogP contribution in [0.1, 0.15) is 35.8 Å². The molecule has 0 aliphatic heterocycles.